The van der Waals surface area contributed by atoms with Gasteiger partial charge >= 0.3 is 0 Å². The predicted octanol–water partition coefficient (Wildman–Crippen LogP) is 1.99. The molecule has 0 atom stereocenters. The van der Waals surface area contributed by atoms with Crippen molar-refractivity contribution in [3.8, 4) is 11.5 Å². The molecule has 26 heavy (non-hydrogen) atoms. The van der Waals surface area contributed by atoms with E-state index in [1.807, 2.05) is 0 Å². The van der Waals surface area contributed by atoms with Crippen LogP contribution < -0.4 is 20.6 Å². The highest BCUT2D eigenvalue weighted by atomic mass is 79.9. The maximum Gasteiger partial charge on any atom is 0.265 e. The van der Waals surface area contributed by atoms with Crippen molar-refractivity contribution in [3.05, 3.63) is 32.4 Å². The Kier molecular flexibility index (Phi) is 5.07. The van der Waals surface area contributed by atoms with E-state index in [1.54, 1.807) is 14.1 Å². The van der Waals surface area contributed by atoms with Crippen molar-refractivity contribution in [3.63, 3.8) is 0 Å². The summed E-state index contributed by atoms with van der Waals surface area (Å²) in [5, 5.41) is 1.20. The average Bonchev–Trinajstić information content (AvgIpc) is 2.65. The number of ether oxygens (including phenoxy) is 2. The molecule has 0 aliphatic heterocycles. The van der Waals surface area contributed by atoms with E-state index in [0.717, 1.165) is 0 Å². The summed E-state index contributed by atoms with van der Waals surface area (Å²) in [6.07, 6.45) is 0. The number of hydrogen-bond donors (Lipinski definition) is 0. The third-order valence-electron chi connectivity index (χ3n) is 4.30. The number of nitrogens with zero attached hydrogens (tertiary/aromatic N) is 4. The molecule has 3 rings (SSSR count). The van der Waals surface area contributed by atoms with Gasteiger partial charge in [-0.15, -0.1) is 0 Å². The lowest BCUT2D eigenvalue weighted by Crippen LogP contribution is -2.25. The minimum atomic E-state index is -0.302. The minimum Gasteiger partial charge on any atom is -0.494 e. The van der Waals surface area contributed by atoms with Gasteiger partial charge in [0.2, 0.25) is 0 Å². The topological polar surface area (TPSA) is 88.2 Å². The predicted molar refractivity (Wildman–Crippen MR) is 106 cm³/mol. The Bertz CT molecular complexity index is 1060. The summed E-state index contributed by atoms with van der Waals surface area (Å²) in [5.41, 5.74) is -0.0477. The molecule has 0 N–H and O–H groups in total. The fourth-order valence-corrected chi connectivity index (χ4v) is 3.91. The first-order valence-corrected chi connectivity index (χ1v) is 9.80. The summed E-state index contributed by atoms with van der Waals surface area (Å²) in [5.74, 6) is 1.43. The summed E-state index contributed by atoms with van der Waals surface area (Å²) in [6.45, 7) is 0. The summed E-state index contributed by atoms with van der Waals surface area (Å²) in [4.78, 5) is 34.9. The van der Waals surface area contributed by atoms with Crippen molar-refractivity contribution in [2.24, 2.45) is 14.1 Å². The zero-order chi connectivity index (χ0) is 19.2. The first kappa shape index (κ1) is 18.8. The molecule has 0 bridgehead atoms. The third-order valence-corrected chi connectivity index (χ3v) is 5.30. The second kappa shape index (κ2) is 6.99. The van der Waals surface area contributed by atoms with Crippen LogP contribution in [0.3, 0.4) is 0 Å². The Labute approximate surface area is 165 Å². The van der Waals surface area contributed by atoms with Gasteiger partial charge in [0.1, 0.15) is 33.5 Å². The number of hydrogen-bond acceptors (Lipinski definition) is 6. The Morgan fingerprint density at radius 3 is 1.42 bits per heavy atom. The van der Waals surface area contributed by atoms with Gasteiger partial charge in [-0.2, -0.15) is 0 Å². The smallest absolute Gasteiger partial charge is 0.265 e. The molecule has 0 amide bonds. The van der Waals surface area contributed by atoms with Gasteiger partial charge in [0.25, 0.3) is 11.1 Å². The van der Waals surface area contributed by atoms with Crippen LogP contribution >= 0.6 is 31.9 Å². The maximum atomic E-state index is 13.0. The minimum absolute atomic E-state index is 0.213. The van der Waals surface area contributed by atoms with Gasteiger partial charge in [-0.3, -0.25) is 18.7 Å². The number of methoxy groups -OCH3 is 2. The van der Waals surface area contributed by atoms with Crippen molar-refractivity contribution < 1.29 is 9.47 Å². The van der Waals surface area contributed by atoms with Crippen molar-refractivity contribution in [1.82, 2.24) is 19.1 Å². The van der Waals surface area contributed by atoms with E-state index in [-0.39, 0.29) is 44.4 Å². The average molecular weight is 488 g/mol. The molecule has 3 aromatic rings. The van der Waals surface area contributed by atoms with Crippen LogP contribution in [0.25, 0.3) is 21.8 Å². The monoisotopic (exact) mass is 486 g/mol. The highest BCUT2D eigenvalue weighted by Crippen LogP contribution is 2.38. The molecule has 2 aromatic heterocycles. The van der Waals surface area contributed by atoms with Crippen LogP contribution in [0, 0.1) is 0 Å². The Balaban J connectivity index is 2.75. The number of aromatic nitrogens is 4. The maximum absolute atomic E-state index is 13.0. The molecule has 1 aromatic carbocycles. The second-order valence-corrected chi connectivity index (χ2v) is 6.69. The largest absolute Gasteiger partial charge is 0.494 e. The van der Waals surface area contributed by atoms with Crippen LogP contribution in [-0.4, -0.2) is 33.3 Å². The molecule has 0 fully saturated rings. The van der Waals surface area contributed by atoms with Crippen LogP contribution in [0.4, 0.5) is 0 Å². The molecular weight excluding hydrogens is 472 g/mol. The van der Waals surface area contributed by atoms with E-state index in [1.165, 1.54) is 23.4 Å². The summed E-state index contributed by atoms with van der Waals surface area (Å²) in [6, 6.07) is 0. The van der Waals surface area contributed by atoms with Crippen molar-refractivity contribution in [2.45, 2.75) is 10.7 Å². The van der Waals surface area contributed by atoms with Gasteiger partial charge in [0.15, 0.2) is 11.5 Å². The molecule has 138 valence electrons. The van der Waals surface area contributed by atoms with Crippen molar-refractivity contribution in [1.29, 1.82) is 0 Å². The lowest BCUT2D eigenvalue weighted by Gasteiger charge is -2.16. The van der Waals surface area contributed by atoms with Crippen molar-refractivity contribution in [2.75, 3.05) is 14.2 Å². The number of benzene rings is 1. The van der Waals surface area contributed by atoms with E-state index in [0.29, 0.717) is 22.3 Å². The first-order valence-electron chi connectivity index (χ1n) is 7.56. The molecule has 0 saturated heterocycles. The SMILES string of the molecule is COc1c2nc(CBr)n(C)c(=O)c2c(OC)c2nc(CBr)n(C)c(=O)c12. The Morgan fingerprint density at radius 1 is 0.808 bits per heavy atom. The normalized spacial score (nSPS) is 11.3. The van der Waals surface area contributed by atoms with Gasteiger partial charge in [0.05, 0.1) is 24.9 Å². The van der Waals surface area contributed by atoms with Gasteiger partial charge < -0.3 is 9.47 Å². The van der Waals surface area contributed by atoms with Crippen LogP contribution in [-0.2, 0) is 24.8 Å². The lowest BCUT2D eigenvalue weighted by molar-refractivity contribution is 0.414. The fraction of sp³-hybridized carbons (Fsp3) is 0.375. The van der Waals surface area contributed by atoms with Crippen LogP contribution in [0.1, 0.15) is 11.6 Å². The highest BCUT2D eigenvalue weighted by molar-refractivity contribution is 9.08. The van der Waals surface area contributed by atoms with Gasteiger partial charge in [0, 0.05) is 14.1 Å². The van der Waals surface area contributed by atoms with Gasteiger partial charge in [-0.1, -0.05) is 31.9 Å². The molecule has 0 spiro atoms. The van der Waals surface area contributed by atoms with E-state index < -0.39 is 0 Å². The lowest BCUT2D eigenvalue weighted by atomic mass is 10.1. The zero-order valence-electron chi connectivity index (χ0n) is 14.6. The molecule has 0 radical (unpaired) electrons. The third kappa shape index (κ3) is 2.54. The molecule has 8 nitrogen and oxygen atoms in total. The number of fused-ring (bicyclic) bond motifs is 2. The fourth-order valence-electron chi connectivity index (χ4n) is 2.90. The summed E-state index contributed by atoms with van der Waals surface area (Å²) in [7, 11) is 6.13. The number of rotatable bonds is 4. The summed E-state index contributed by atoms with van der Waals surface area (Å²) < 4.78 is 13.9. The number of alkyl halides is 2. The second-order valence-electron chi connectivity index (χ2n) is 5.57. The van der Waals surface area contributed by atoms with Crippen LogP contribution in [0.5, 0.6) is 11.5 Å². The van der Waals surface area contributed by atoms with E-state index in [4.69, 9.17) is 9.47 Å². The van der Waals surface area contributed by atoms with Gasteiger partial charge in [-0.25, -0.2) is 9.97 Å². The number of halogens is 2. The zero-order valence-corrected chi connectivity index (χ0v) is 17.8. The molecule has 0 saturated carbocycles. The van der Waals surface area contributed by atoms with Crippen LogP contribution in [0.2, 0.25) is 0 Å². The molecule has 10 heteroatoms. The standard InChI is InChI=1S/C16H16Br2N4O4/c1-21-7(5-17)19-11-9(15(21)23)13(25-3)12-10(14(11)26-4)16(24)22(2)8(6-18)20-12/h5-6H2,1-4H3. The Morgan fingerprint density at radius 2 is 1.15 bits per heavy atom. The van der Waals surface area contributed by atoms with Crippen LogP contribution in [0.15, 0.2) is 9.59 Å². The van der Waals surface area contributed by atoms with Crippen molar-refractivity contribution >= 4 is 53.7 Å². The molecule has 0 unspecified atom stereocenters. The summed E-state index contributed by atoms with van der Waals surface area (Å²) >= 11 is 6.65. The molecule has 0 aliphatic carbocycles. The van der Waals surface area contributed by atoms with E-state index in [9.17, 15) is 9.59 Å². The van der Waals surface area contributed by atoms with Gasteiger partial charge in [-0.05, 0) is 0 Å². The first-order chi connectivity index (χ1) is 12.4. The highest BCUT2D eigenvalue weighted by Gasteiger charge is 2.25. The van der Waals surface area contributed by atoms with E-state index in [2.05, 4.69) is 41.8 Å². The quantitative estimate of drug-likeness (QED) is 0.413. The molecule has 0 aliphatic rings. The Hall–Kier alpha value is -1.94. The molecular formula is C16H16Br2N4O4. The molecule has 2 heterocycles. The van der Waals surface area contributed by atoms with E-state index >= 15 is 0 Å².